The van der Waals surface area contributed by atoms with E-state index in [1.807, 2.05) is 6.07 Å². The lowest BCUT2D eigenvalue weighted by molar-refractivity contribution is 0.0910. The molecule has 3 rings (SSSR count). The Morgan fingerprint density at radius 2 is 2.00 bits per heavy atom. The average Bonchev–Trinajstić information content (AvgIpc) is 2.57. The first kappa shape index (κ1) is 15.7. The highest BCUT2D eigenvalue weighted by Gasteiger charge is 2.23. The monoisotopic (exact) mass is 313 g/mol. The Kier molecular flexibility index (Phi) is 4.74. The summed E-state index contributed by atoms with van der Waals surface area (Å²) < 4.78 is 0. The van der Waals surface area contributed by atoms with Crippen LogP contribution in [0.5, 0.6) is 0 Å². The second-order valence-electron chi connectivity index (χ2n) is 6.41. The molecule has 0 aliphatic heterocycles. The minimum Gasteiger partial charge on any atom is -0.347 e. The summed E-state index contributed by atoms with van der Waals surface area (Å²) in [6, 6.07) is 7.24. The lowest BCUT2D eigenvalue weighted by atomic mass is 9.83. The van der Waals surface area contributed by atoms with Crippen molar-refractivity contribution in [3.8, 4) is 0 Å². The zero-order valence-electron chi connectivity index (χ0n) is 13.5. The number of fused-ring (bicyclic) bond motifs is 1. The Labute approximate surface area is 135 Å². The fraction of sp³-hybridized carbons (Fsp3) is 0.500. The van der Waals surface area contributed by atoms with Gasteiger partial charge in [-0.1, -0.05) is 31.9 Å². The summed E-state index contributed by atoms with van der Waals surface area (Å²) in [6.07, 6.45) is 6.85. The number of para-hydroxylation sites is 1. The molecule has 2 N–H and O–H groups in total. The Morgan fingerprint density at radius 1 is 1.26 bits per heavy atom. The summed E-state index contributed by atoms with van der Waals surface area (Å²) in [7, 11) is 0. The van der Waals surface area contributed by atoms with Crippen molar-refractivity contribution >= 4 is 16.8 Å². The summed E-state index contributed by atoms with van der Waals surface area (Å²) in [4.78, 5) is 31.3. The highest BCUT2D eigenvalue weighted by atomic mass is 16.2. The Hall–Kier alpha value is -2.17. The first-order valence-corrected chi connectivity index (χ1v) is 8.47. The number of carbonyl (C=O) groups is 1. The van der Waals surface area contributed by atoms with Crippen LogP contribution in [0.2, 0.25) is 0 Å². The van der Waals surface area contributed by atoms with E-state index in [9.17, 15) is 9.59 Å². The molecule has 0 spiro atoms. The SMILES string of the molecule is CCCC1CCC(NC(=O)c2nc3ccccc3c(=O)[nH]2)CC1. The van der Waals surface area contributed by atoms with E-state index in [4.69, 9.17) is 0 Å². The standard InChI is InChI=1S/C18H23N3O2/c1-2-5-12-8-10-13(11-9-12)19-18(23)16-20-15-7-4-3-6-14(15)17(22)21-16/h3-4,6-7,12-13H,2,5,8-11H2,1H3,(H,19,23)(H,20,21,22). The largest absolute Gasteiger partial charge is 0.347 e. The number of aromatic nitrogens is 2. The van der Waals surface area contributed by atoms with Gasteiger partial charge in [-0.15, -0.1) is 0 Å². The van der Waals surface area contributed by atoms with Crippen LogP contribution in [0.4, 0.5) is 0 Å². The molecule has 1 aliphatic carbocycles. The molecule has 1 aromatic carbocycles. The fourth-order valence-electron chi connectivity index (χ4n) is 3.45. The second kappa shape index (κ2) is 6.94. The topological polar surface area (TPSA) is 74.8 Å². The normalized spacial score (nSPS) is 21.3. The molecule has 2 aromatic rings. The van der Waals surface area contributed by atoms with Crippen molar-refractivity contribution in [3.05, 3.63) is 40.4 Å². The molecule has 5 nitrogen and oxygen atoms in total. The molecule has 23 heavy (non-hydrogen) atoms. The van der Waals surface area contributed by atoms with E-state index < -0.39 is 0 Å². The van der Waals surface area contributed by atoms with Gasteiger partial charge in [0.1, 0.15) is 0 Å². The number of nitrogens with zero attached hydrogens (tertiary/aromatic N) is 1. The third kappa shape index (κ3) is 3.60. The summed E-state index contributed by atoms with van der Waals surface area (Å²) in [5, 5.41) is 3.52. The van der Waals surface area contributed by atoms with Crippen molar-refractivity contribution in [3.63, 3.8) is 0 Å². The number of rotatable bonds is 4. The van der Waals surface area contributed by atoms with Crippen molar-refractivity contribution < 1.29 is 4.79 Å². The molecule has 1 heterocycles. The van der Waals surface area contributed by atoms with Gasteiger partial charge < -0.3 is 10.3 Å². The van der Waals surface area contributed by atoms with Crippen LogP contribution in [-0.2, 0) is 0 Å². The zero-order chi connectivity index (χ0) is 16.2. The summed E-state index contributed by atoms with van der Waals surface area (Å²) in [6.45, 7) is 2.22. The van der Waals surface area contributed by atoms with Gasteiger partial charge in [0.05, 0.1) is 10.9 Å². The number of hydrogen-bond acceptors (Lipinski definition) is 3. The van der Waals surface area contributed by atoms with Crippen molar-refractivity contribution in [2.75, 3.05) is 0 Å². The molecule has 0 unspecified atom stereocenters. The zero-order valence-corrected chi connectivity index (χ0v) is 13.5. The van der Waals surface area contributed by atoms with E-state index in [2.05, 4.69) is 22.2 Å². The third-order valence-electron chi connectivity index (χ3n) is 4.71. The highest BCUT2D eigenvalue weighted by Crippen LogP contribution is 2.27. The van der Waals surface area contributed by atoms with Gasteiger partial charge in [0, 0.05) is 6.04 Å². The van der Waals surface area contributed by atoms with E-state index in [0.29, 0.717) is 10.9 Å². The van der Waals surface area contributed by atoms with Crippen LogP contribution in [0.3, 0.4) is 0 Å². The number of amides is 1. The summed E-state index contributed by atoms with van der Waals surface area (Å²) in [5.41, 5.74) is 0.278. The maximum Gasteiger partial charge on any atom is 0.287 e. The second-order valence-corrected chi connectivity index (χ2v) is 6.41. The molecule has 0 radical (unpaired) electrons. The first-order chi connectivity index (χ1) is 11.2. The molecule has 1 aliphatic rings. The van der Waals surface area contributed by atoms with Crippen molar-refractivity contribution in [2.24, 2.45) is 5.92 Å². The molecule has 0 atom stereocenters. The molecule has 1 amide bonds. The van der Waals surface area contributed by atoms with Crippen LogP contribution in [-0.4, -0.2) is 21.9 Å². The van der Waals surface area contributed by atoms with Gasteiger partial charge in [-0.2, -0.15) is 0 Å². The predicted molar refractivity (Wildman–Crippen MR) is 90.5 cm³/mol. The van der Waals surface area contributed by atoms with E-state index >= 15 is 0 Å². The number of hydrogen-bond donors (Lipinski definition) is 2. The highest BCUT2D eigenvalue weighted by molar-refractivity contribution is 5.92. The quantitative estimate of drug-likeness (QED) is 0.911. The van der Waals surface area contributed by atoms with Gasteiger partial charge in [0.25, 0.3) is 11.5 Å². The van der Waals surface area contributed by atoms with E-state index in [0.717, 1.165) is 18.8 Å². The molecule has 1 saturated carbocycles. The molecule has 1 aromatic heterocycles. The maximum absolute atomic E-state index is 12.4. The van der Waals surface area contributed by atoms with Crippen LogP contribution in [0.15, 0.2) is 29.1 Å². The number of H-pyrrole nitrogens is 1. The Morgan fingerprint density at radius 3 is 2.74 bits per heavy atom. The van der Waals surface area contributed by atoms with Crippen LogP contribution in [0, 0.1) is 5.92 Å². The average molecular weight is 313 g/mol. The lowest BCUT2D eigenvalue weighted by Gasteiger charge is -2.28. The summed E-state index contributed by atoms with van der Waals surface area (Å²) >= 11 is 0. The van der Waals surface area contributed by atoms with Gasteiger partial charge >= 0.3 is 0 Å². The van der Waals surface area contributed by atoms with Gasteiger partial charge in [0.2, 0.25) is 0 Å². The molecule has 5 heteroatoms. The molecular formula is C18H23N3O2. The number of carbonyl (C=O) groups excluding carboxylic acids is 1. The number of nitrogens with one attached hydrogen (secondary N) is 2. The first-order valence-electron chi connectivity index (χ1n) is 8.47. The van der Waals surface area contributed by atoms with Gasteiger partial charge in [-0.25, -0.2) is 4.98 Å². The smallest absolute Gasteiger partial charge is 0.287 e. The van der Waals surface area contributed by atoms with Crippen LogP contribution < -0.4 is 10.9 Å². The molecule has 0 bridgehead atoms. The Bertz CT molecular complexity index is 745. The lowest BCUT2D eigenvalue weighted by Crippen LogP contribution is -2.39. The van der Waals surface area contributed by atoms with E-state index in [1.165, 1.54) is 25.7 Å². The summed E-state index contributed by atoms with van der Waals surface area (Å²) in [5.74, 6) is 0.614. The van der Waals surface area contributed by atoms with Crippen LogP contribution in [0.25, 0.3) is 10.9 Å². The number of benzene rings is 1. The predicted octanol–water partition coefficient (Wildman–Crippen LogP) is 3.01. The molecule has 0 saturated heterocycles. The van der Waals surface area contributed by atoms with E-state index in [-0.39, 0.29) is 23.3 Å². The molecule has 122 valence electrons. The van der Waals surface area contributed by atoms with Crippen LogP contribution >= 0.6 is 0 Å². The van der Waals surface area contributed by atoms with Crippen molar-refractivity contribution in [2.45, 2.75) is 51.5 Å². The maximum atomic E-state index is 12.4. The van der Waals surface area contributed by atoms with Gasteiger partial charge in [0.15, 0.2) is 5.82 Å². The Balaban J connectivity index is 1.68. The minimum atomic E-state index is -0.285. The number of aromatic amines is 1. The van der Waals surface area contributed by atoms with Gasteiger partial charge in [-0.3, -0.25) is 9.59 Å². The third-order valence-corrected chi connectivity index (χ3v) is 4.71. The molecular weight excluding hydrogens is 290 g/mol. The minimum absolute atomic E-state index is 0.101. The fourth-order valence-corrected chi connectivity index (χ4v) is 3.45. The van der Waals surface area contributed by atoms with Crippen LogP contribution in [0.1, 0.15) is 56.1 Å². The molecule has 1 fully saturated rings. The van der Waals surface area contributed by atoms with Crippen molar-refractivity contribution in [1.82, 2.24) is 15.3 Å². The van der Waals surface area contributed by atoms with Crippen molar-refractivity contribution in [1.29, 1.82) is 0 Å². The van der Waals surface area contributed by atoms with Gasteiger partial charge in [-0.05, 0) is 43.7 Å². The van der Waals surface area contributed by atoms with E-state index in [1.54, 1.807) is 18.2 Å².